The highest BCUT2D eigenvalue weighted by atomic mass is 16.8. The van der Waals surface area contributed by atoms with Crippen molar-refractivity contribution in [1.82, 2.24) is 0 Å². The van der Waals surface area contributed by atoms with E-state index in [0.29, 0.717) is 0 Å². The van der Waals surface area contributed by atoms with Crippen molar-refractivity contribution in [3.05, 3.63) is 0 Å². The van der Waals surface area contributed by atoms with E-state index >= 15 is 0 Å². The second kappa shape index (κ2) is 13.7. The van der Waals surface area contributed by atoms with Crippen LogP contribution in [0.3, 0.4) is 0 Å². The first-order valence-electron chi connectivity index (χ1n) is 12.9. The summed E-state index contributed by atoms with van der Waals surface area (Å²) in [5.41, 5.74) is -1.43. The van der Waals surface area contributed by atoms with Crippen molar-refractivity contribution >= 4 is 0 Å². The summed E-state index contributed by atoms with van der Waals surface area (Å²) in [5, 5.41) is 111. The second-order valence-corrected chi connectivity index (χ2v) is 10.8. The van der Waals surface area contributed by atoms with E-state index in [2.05, 4.69) is 0 Å². The molecule has 0 amide bonds. The molecule has 16 atom stereocenters. The summed E-state index contributed by atoms with van der Waals surface area (Å²) >= 11 is 0. The van der Waals surface area contributed by atoms with Crippen molar-refractivity contribution in [2.45, 2.75) is 125 Å². The zero-order valence-electron chi connectivity index (χ0n) is 22.2. The summed E-state index contributed by atoms with van der Waals surface area (Å²) in [6.07, 6.45) is -25.4. The first kappa shape index (κ1) is 33.8. The molecule has 0 unspecified atom stereocenters. The Morgan fingerprint density at radius 3 is 1.57 bits per heavy atom. The lowest BCUT2D eigenvalue weighted by molar-refractivity contribution is -0.379. The highest BCUT2D eigenvalue weighted by Crippen LogP contribution is 2.32. The highest BCUT2D eigenvalue weighted by molar-refractivity contribution is 4.95. The van der Waals surface area contributed by atoms with Crippen molar-refractivity contribution in [3.63, 3.8) is 0 Å². The van der Waals surface area contributed by atoms with Crippen LogP contribution in [0.25, 0.3) is 0 Å². The van der Waals surface area contributed by atoms with Gasteiger partial charge in [0.2, 0.25) is 0 Å². The van der Waals surface area contributed by atoms with Gasteiger partial charge in [-0.05, 0) is 20.8 Å². The third kappa shape index (κ3) is 7.26. The van der Waals surface area contributed by atoms with Crippen LogP contribution >= 0.6 is 0 Å². The molecule has 236 valence electrons. The molecule has 0 spiro atoms. The molecule has 0 radical (unpaired) electrons. The SMILES string of the molecule is C[C@@H](O[C@@H]1O[C@H](CO[C@H]2O[C@H](CO)[C@@H](O)[C@H](O)[C@H]2O)[C@@H](O)[C@H](O)[C@H]1O[C@H]1O[C@@H](CO)[C@H](O)[C@@H](O)[C@@H]1O)C(C)(C)O. The summed E-state index contributed by atoms with van der Waals surface area (Å²) in [6, 6.07) is 0. The van der Waals surface area contributed by atoms with Gasteiger partial charge in [0.15, 0.2) is 18.9 Å². The molecule has 17 nitrogen and oxygen atoms in total. The van der Waals surface area contributed by atoms with Gasteiger partial charge in [-0.25, -0.2) is 0 Å². The summed E-state index contributed by atoms with van der Waals surface area (Å²) in [4.78, 5) is 0. The van der Waals surface area contributed by atoms with Crippen LogP contribution in [0.2, 0.25) is 0 Å². The summed E-state index contributed by atoms with van der Waals surface area (Å²) < 4.78 is 33.2. The lowest BCUT2D eigenvalue weighted by atomic mass is 9.96. The zero-order chi connectivity index (χ0) is 30.1. The fraction of sp³-hybridized carbons (Fsp3) is 1.00. The van der Waals surface area contributed by atoms with E-state index in [0.717, 1.165) is 0 Å². The van der Waals surface area contributed by atoms with E-state index in [9.17, 15) is 56.2 Å². The Bertz CT molecular complexity index is 777. The summed E-state index contributed by atoms with van der Waals surface area (Å²) in [5.74, 6) is 0. The fourth-order valence-corrected chi connectivity index (χ4v) is 4.39. The van der Waals surface area contributed by atoms with Crippen LogP contribution in [0, 0.1) is 0 Å². The molecule has 3 aliphatic rings. The van der Waals surface area contributed by atoms with Crippen molar-refractivity contribution < 1.29 is 84.6 Å². The van der Waals surface area contributed by atoms with Gasteiger partial charge in [0.1, 0.15) is 73.2 Å². The lowest BCUT2D eigenvalue weighted by Crippen LogP contribution is -2.65. The van der Waals surface area contributed by atoms with Gasteiger partial charge in [-0.2, -0.15) is 0 Å². The van der Waals surface area contributed by atoms with Gasteiger partial charge in [0, 0.05) is 0 Å². The number of hydrogen-bond acceptors (Lipinski definition) is 17. The average Bonchev–Trinajstić information content (AvgIpc) is 2.90. The third-order valence-corrected chi connectivity index (χ3v) is 7.39. The maximum absolute atomic E-state index is 11.0. The van der Waals surface area contributed by atoms with Crippen LogP contribution < -0.4 is 0 Å². The number of aliphatic hydroxyl groups excluding tert-OH is 10. The molecule has 3 rings (SSSR count). The average molecular weight is 591 g/mol. The molecular formula is C23H42O17. The molecule has 0 aliphatic carbocycles. The van der Waals surface area contributed by atoms with Gasteiger partial charge in [-0.3, -0.25) is 0 Å². The molecule has 0 aromatic rings. The van der Waals surface area contributed by atoms with Gasteiger partial charge >= 0.3 is 0 Å². The highest BCUT2D eigenvalue weighted by Gasteiger charge is 2.52. The Morgan fingerprint density at radius 2 is 1.07 bits per heavy atom. The summed E-state index contributed by atoms with van der Waals surface area (Å²) in [7, 11) is 0. The quantitative estimate of drug-likeness (QED) is 0.113. The van der Waals surface area contributed by atoms with E-state index in [1.165, 1.54) is 20.8 Å². The first-order chi connectivity index (χ1) is 18.6. The minimum absolute atomic E-state index is 0.579. The Labute approximate surface area is 229 Å². The maximum Gasteiger partial charge on any atom is 0.187 e. The predicted molar refractivity (Wildman–Crippen MR) is 126 cm³/mol. The maximum atomic E-state index is 11.0. The topological polar surface area (TPSA) is 278 Å². The molecule has 0 aromatic heterocycles. The van der Waals surface area contributed by atoms with Gasteiger partial charge in [0.25, 0.3) is 0 Å². The van der Waals surface area contributed by atoms with E-state index in [4.69, 9.17) is 28.4 Å². The number of rotatable bonds is 10. The summed E-state index contributed by atoms with van der Waals surface area (Å²) in [6.45, 7) is 2.31. The molecule has 11 N–H and O–H groups in total. The van der Waals surface area contributed by atoms with Crippen LogP contribution in [0.4, 0.5) is 0 Å². The van der Waals surface area contributed by atoms with Crippen LogP contribution in [-0.2, 0) is 28.4 Å². The molecule has 0 saturated carbocycles. The zero-order valence-corrected chi connectivity index (χ0v) is 22.2. The van der Waals surface area contributed by atoms with Gasteiger partial charge in [0.05, 0.1) is 31.5 Å². The van der Waals surface area contributed by atoms with Crippen molar-refractivity contribution in [2.24, 2.45) is 0 Å². The second-order valence-electron chi connectivity index (χ2n) is 10.8. The molecule has 0 bridgehead atoms. The molecule has 0 aromatic carbocycles. The Kier molecular flexibility index (Phi) is 11.6. The minimum Gasteiger partial charge on any atom is -0.394 e. The molecule has 40 heavy (non-hydrogen) atoms. The van der Waals surface area contributed by atoms with Crippen LogP contribution in [0.1, 0.15) is 20.8 Å². The van der Waals surface area contributed by atoms with Gasteiger partial charge in [-0.1, -0.05) is 0 Å². The van der Waals surface area contributed by atoms with Crippen molar-refractivity contribution in [3.8, 4) is 0 Å². The normalized spacial score (nSPS) is 47.7. The van der Waals surface area contributed by atoms with E-state index in [1.807, 2.05) is 0 Å². The molecule has 3 fully saturated rings. The van der Waals surface area contributed by atoms with Crippen molar-refractivity contribution in [1.29, 1.82) is 0 Å². The minimum atomic E-state index is -1.85. The molecular weight excluding hydrogens is 548 g/mol. The molecule has 3 aliphatic heterocycles. The Morgan fingerprint density at radius 1 is 0.625 bits per heavy atom. The number of ether oxygens (including phenoxy) is 6. The third-order valence-electron chi connectivity index (χ3n) is 7.39. The number of aliphatic hydroxyl groups is 11. The smallest absolute Gasteiger partial charge is 0.187 e. The molecule has 3 heterocycles. The first-order valence-corrected chi connectivity index (χ1v) is 12.9. The largest absolute Gasteiger partial charge is 0.394 e. The van der Waals surface area contributed by atoms with Gasteiger partial charge < -0.3 is 84.6 Å². The molecule has 17 heteroatoms. The van der Waals surface area contributed by atoms with Crippen LogP contribution in [0.15, 0.2) is 0 Å². The monoisotopic (exact) mass is 590 g/mol. The Balaban J connectivity index is 1.77. The number of hydrogen-bond donors (Lipinski definition) is 11. The van der Waals surface area contributed by atoms with Crippen LogP contribution in [-0.4, -0.2) is 180 Å². The lowest BCUT2D eigenvalue weighted by Gasteiger charge is -2.47. The molecule has 3 saturated heterocycles. The van der Waals surface area contributed by atoms with E-state index < -0.39 is 124 Å². The standard InChI is InChI=1S/C23H42O17/c1-7(23(2,3)34)36-22-19(40-21-18(33)15(30)12(27)9(5-25)38-21)16(31)13(28)10(39-22)6-35-20-17(32)14(29)11(26)8(4-24)37-20/h7-22,24-34H,4-6H2,1-3H3/t7-,8-,9+,10-,11-,12+,13-,14+,15-,16+,17-,18+,19-,20+,21-,22-/m1/s1. The van der Waals surface area contributed by atoms with Crippen molar-refractivity contribution in [2.75, 3.05) is 19.8 Å². The van der Waals surface area contributed by atoms with Gasteiger partial charge in [-0.15, -0.1) is 0 Å². The Hall–Kier alpha value is -0.680. The van der Waals surface area contributed by atoms with Crippen LogP contribution in [0.5, 0.6) is 0 Å². The van der Waals surface area contributed by atoms with E-state index in [-0.39, 0.29) is 0 Å². The van der Waals surface area contributed by atoms with E-state index in [1.54, 1.807) is 0 Å². The predicted octanol–water partition coefficient (Wildman–Crippen LogP) is -6.39. The fourth-order valence-electron chi connectivity index (χ4n) is 4.39.